The maximum Gasteiger partial charge on any atom is 0.341 e. The van der Waals surface area contributed by atoms with E-state index in [1.807, 2.05) is 6.07 Å². The van der Waals surface area contributed by atoms with Crippen LogP contribution in [0.25, 0.3) is 90.9 Å². The number of nitrogens with one attached hydrogen (secondary N) is 2. The summed E-state index contributed by atoms with van der Waals surface area (Å²) in [5.74, 6) is 0.746. The van der Waals surface area contributed by atoms with Crippen LogP contribution in [0, 0.1) is 0 Å². The highest BCUT2D eigenvalue weighted by Gasteiger charge is 2.43. The average Bonchev–Trinajstić information content (AvgIpc) is 3.36. The van der Waals surface area contributed by atoms with Gasteiger partial charge in [0.1, 0.15) is 17.1 Å². The topological polar surface area (TPSA) is 92.9 Å². The number of rotatable bonds is 5. The van der Waals surface area contributed by atoms with Gasteiger partial charge in [0, 0.05) is 66.4 Å². The Morgan fingerprint density at radius 3 is 1.16 bits per heavy atom. The van der Waals surface area contributed by atoms with Gasteiger partial charge in [-0.3, -0.25) is 0 Å². The highest BCUT2D eigenvalue weighted by atomic mass is 16.5. The van der Waals surface area contributed by atoms with E-state index in [0.717, 1.165) is 112 Å². The lowest BCUT2D eigenvalue weighted by atomic mass is 9.67. The molecule has 418 valence electrons. The van der Waals surface area contributed by atoms with Crippen molar-refractivity contribution in [3.8, 4) is 56.0 Å². The fourth-order valence-corrected chi connectivity index (χ4v) is 12.1. The molecule has 11 rings (SSSR count). The maximum absolute atomic E-state index is 14.1. The molecular weight excluding hydrogens is 1000 g/mol. The number of methoxy groups -OCH3 is 1. The number of hydrogen-bond donors (Lipinski definition) is 2. The van der Waals surface area contributed by atoms with Gasteiger partial charge in [-0.1, -0.05) is 209 Å². The lowest BCUT2D eigenvalue weighted by molar-refractivity contribution is 0.0597. The molecule has 3 aliphatic heterocycles. The van der Waals surface area contributed by atoms with Gasteiger partial charge in [-0.05, 0) is 126 Å². The molecule has 0 aliphatic carbocycles. The summed E-state index contributed by atoms with van der Waals surface area (Å²) in [6, 6.07) is 44.3. The summed E-state index contributed by atoms with van der Waals surface area (Å²) >= 11 is 0. The van der Waals surface area contributed by atoms with Gasteiger partial charge >= 0.3 is 5.97 Å². The zero-order chi connectivity index (χ0) is 58.8. The first kappa shape index (κ1) is 55.9. The molecule has 3 aliphatic rings. The average molecular weight is 1090 g/mol. The third-order valence-corrected chi connectivity index (χ3v) is 17.0. The van der Waals surface area contributed by atoms with E-state index in [-0.39, 0.29) is 27.1 Å². The maximum atomic E-state index is 14.1. The SMILES string of the molecule is COC(=O)c1cc(C(C)(C)C)cc2c1Oc1c(-c3c4nc(c(-c5ccc(C(C)(C)C)cc5)c5ccc([nH]5)c(-c5ccc(C(C)(C)C)cc5)c5nc(c(-c6ccc(C(C)(C)C)cc6)c6ccc3[nH]6)C=C5)C=C4)ccc(C(C)(C)C)c1C2(C)C. The number of benzene rings is 5. The van der Waals surface area contributed by atoms with Crippen molar-refractivity contribution < 1.29 is 14.3 Å². The smallest absolute Gasteiger partial charge is 0.341 e. The Morgan fingerprint density at radius 1 is 0.439 bits per heavy atom. The summed E-state index contributed by atoms with van der Waals surface area (Å²) < 4.78 is 13.0. The molecule has 8 bridgehead atoms. The quantitative estimate of drug-likeness (QED) is 0.168. The van der Waals surface area contributed by atoms with Crippen molar-refractivity contribution in [1.82, 2.24) is 19.9 Å². The number of aromatic nitrogens is 4. The Bertz CT molecular complexity index is 4070. The van der Waals surface area contributed by atoms with Gasteiger partial charge in [-0.15, -0.1) is 0 Å². The first-order valence-corrected chi connectivity index (χ1v) is 29.0. The summed E-state index contributed by atoms with van der Waals surface area (Å²) in [5, 5.41) is 0. The Morgan fingerprint density at radius 2 is 0.805 bits per heavy atom. The van der Waals surface area contributed by atoms with Crippen molar-refractivity contribution in [3.05, 3.63) is 189 Å². The van der Waals surface area contributed by atoms with E-state index >= 15 is 0 Å². The predicted molar refractivity (Wildman–Crippen MR) is 344 cm³/mol. The molecule has 0 saturated carbocycles. The van der Waals surface area contributed by atoms with Crippen molar-refractivity contribution in [2.24, 2.45) is 0 Å². The molecule has 0 radical (unpaired) electrons. The van der Waals surface area contributed by atoms with Gasteiger partial charge in [-0.25, -0.2) is 14.8 Å². The molecule has 6 heterocycles. The number of hydrogen-bond acceptors (Lipinski definition) is 5. The van der Waals surface area contributed by atoms with Gasteiger partial charge in [0.15, 0.2) is 0 Å². The van der Waals surface area contributed by atoms with E-state index in [1.54, 1.807) is 0 Å². The van der Waals surface area contributed by atoms with Gasteiger partial charge in [0.2, 0.25) is 0 Å². The number of ether oxygens (including phenoxy) is 2. The fourth-order valence-electron chi connectivity index (χ4n) is 12.1. The van der Waals surface area contributed by atoms with Crippen molar-refractivity contribution in [2.75, 3.05) is 7.11 Å². The monoisotopic (exact) mass is 1080 g/mol. The normalized spacial score (nSPS) is 14.1. The van der Waals surface area contributed by atoms with Crippen LogP contribution in [0.4, 0.5) is 0 Å². The molecule has 8 aromatic rings. The molecule has 7 heteroatoms. The van der Waals surface area contributed by atoms with Gasteiger partial charge in [-0.2, -0.15) is 0 Å². The molecule has 0 unspecified atom stereocenters. The molecule has 5 aromatic carbocycles. The number of esters is 1. The Hall–Kier alpha value is -8.03. The van der Waals surface area contributed by atoms with Crippen molar-refractivity contribution in [2.45, 2.75) is 150 Å². The summed E-state index contributed by atoms with van der Waals surface area (Å²) in [6.07, 6.45) is 8.63. The zero-order valence-corrected chi connectivity index (χ0v) is 51.5. The fraction of sp³-hybridized carbons (Fsp3) is 0.320. The van der Waals surface area contributed by atoms with Crippen LogP contribution < -0.4 is 4.74 Å². The lowest BCUT2D eigenvalue weighted by Crippen LogP contribution is -2.31. The summed E-state index contributed by atoms with van der Waals surface area (Å²) in [7, 11) is 1.44. The summed E-state index contributed by atoms with van der Waals surface area (Å²) in [5.41, 5.74) is 21.8. The number of carbonyl (C=O) groups is 1. The van der Waals surface area contributed by atoms with E-state index in [9.17, 15) is 4.79 Å². The van der Waals surface area contributed by atoms with Crippen LogP contribution in [0.1, 0.15) is 190 Å². The van der Waals surface area contributed by atoms with E-state index in [1.165, 1.54) is 23.8 Å². The Labute approximate surface area is 486 Å². The number of aromatic amines is 2. The van der Waals surface area contributed by atoms with Crippen LogP contribution in [-0.2, 0) is 37.2 Å². The summed E-state index contributed by atoms with van der Waals surface area (Å²) in [4.78, 5) is 33.5. The summed E-state index contributed by atoms with van der Waals surface area (Å²) in [6.45, 7) is 38.1. The lowest BCUT2D eigenvalue weighted by Gasteiger charge is -2.41. The highest BCUT2D eigenvalue weighted by molar-refractivity contribution is 6.01. The van der Waals surface area contributed by atoms with Crippen LogP contribution in [0.15, 0.2) is 121 Å². The first-order chi connectivity index (χ1) is 38.4. The predicted octanol–water partition coefficient (Wildman–Crippen LogP) is 20.0. The molecule has 0 spiro atoms. The standard InChI is InChI=1S/C75H80N4O3/c1-70(2,3)46-25-19-43(20-26-46)62-54-33-35-56(76-54)63(44-21-27-47(28-22-44)71(4,5)6)58-37-39-60(78-58)65(61-40-38-59(79-61)64(57-36-34-55(62)77-57)45-23-29-48(30-24-45)72(7,8)9)50-31-32-52(74(13,14)15)66-68(50)82-67-51(69(80)81-18)41-49(73(10,11)12)42-53(67)75(66,16)17/h19-42,76,79H,1-18H3. The van der Waals surface area contributed by atoms with Crippen LogP contribution >= 0.6 is 0 Å². The van der Waals surface area contributed by atoms with Gasteiger partial charge in [0.25, 0.3) is 0 Å². The number of nitrogens with zero attached hydrogens (tertiary/aromatic N) is 2. The van der Waals surface area contributed by atoms with Crippen LogP contribution in [0.2, 0.25) is 0 Å². The minimum Gasteiger partial charge on any atom is -0.465 e. The van der Waals surface area contributed by atoms with E-state index in [4.69, 9.17) is 19.4 Å². The molecule has 2 N–H and O–H groups in total. The van der Waals surface area contributed by atoms with Crippen molar-refractivity contribution in [3.63, 3.8) is 0 Å². The number of fused-ring (bicyclic) bond motifs is 10. The van der Waals surface area contributed by atoms with Crippen LogP contribution in [-0.4, -0.2) is 33.0 Å². The molecular formula is C75H80N4O3. The van der Waals surface area contributed by atoms with Crippen molar-refractivity contribution in [1.29, 1.82) is 0 Å². The van der Waals surface area contributed by atoms with Gasteiger partial charge in [0.05, 0.1) is 29.9 Å². The second-order valence-corrected chi connectivity index (χ2v) is 28.5. The molecule has 3 aromatic heterocycles. The Kier molecular flexibility index (Phi) is 13.3. The van der Waals surface area contributed by atoms with Crippen LogP contribution in [0.5, 0.6) is 11.5 Å². The number of carbonyl (C=O) groups excluding carboxylic acids is 1. The minimum absolute atomic E-state index is 0.0137. The van der Waals surface area contributed by atoms with Gasteiger partial charge < -0.3 is 19.4 Å². The van der Waals surface area contributed by atoms with E-state index < -0.39 is 11.4 Å². The van der Waals surface area contributed by atoms with Crippen molar-refractivity contribution >= 4 is 52.3 Å². The van der Waals surface area contributed by atoms with Crippen LogP contribution in [0.3, 0.4) is 0 Å². The molecule has 82 heavy (non-hydrogen) atoms. The Balaban J connectivity index is 1.30. The third kappa shape index (κ3) is 9.94. The second kappa shape index (κ2) is 19.6. The van der Waals surface area contributed by atoms with E-state index in [2.05, 4.69) is 267 Å². The zero-order valence-electron chi connectivity index (χ0n) is 51.5. The van der Waals surface area contributed by atoms with E-state index in [0.29, 0.717) is 17.1 Å². The highest BCUT2D eigenvalue weighted by Crippen LogP contribution is 2.57. The second-order valence-electron chi connectivity index (χ2n) is 28.5. The minimum atomic E-state index is -0.632. The molecule has 0 atom stereocenters. The molecule has 0 amide bonds. The first-order valence-electron chi connectivity index (χ1n) is 29.0. The molecule has 0 fully saturated rings. The molecule has 7 nitrogen and oxygen atoms in total. The third-order valence-electron chi connectivity index (χ3n) is 17.0. The number of H-pyrrole nitrogens is 2. The molecule has 0 saturated heterocycles. The largest absolute Gasteiger partial charge is 0.465 e.